The molecular formula is C23H15F2N3OS2. The maximum Gasteiger partial charge on any atom is 0.274 e. The molecule has 3 aromatic carbocycles. The Morgan fingerprint density at radius 3 is 2.16 bits per heavy atom. The van der Waals surface area contributed by atoms with E-state index in [1.807, 2.05) is 36.2 Å². The predicted molar refractivity (Wildman–Crippen MR) is 123 cm³/mol. The van der Waals surface area contributed by atoms with E-state index >= 15 is 0 Å². The molecule has 1 fully saturated rings. The Kier molecular flexibility index (Phi) is 5.03. The number of benzene rings is 3. The zero-order chi connectivity index (χ0) is 21.5. The summed E-state index contributed by atoms with van der Waals surface area (Å²) in [4.78, 5) is 23.1. The number of carbonyl (C=O) groups is 1. The Labute approximate surface area is 186 Å². The highest BCUT2D eigenvalue weighted by atomic mass is 32.2. The fourth-order valence-electron chi connectivity index (χ4n) is 3.32. The van der Waals surface area contributed by atoms with Crippen molar-refractivity contribution in [3.05, 3.63) is 94.4 Å². The first-order chi connectivity index (χ1) is 15.0. The Balaban J connectivity index is 1.61. The molecule has 8 heteroatoms. The van der Waals surface area contributed by atoms with E-state index < -0.39 is 0 Å². The van der Waals surface area contributed by atoms with Gasteiger partial charge in [0.1, 0.15) is 16.5 Å². The highest BCUT2D eigenvalue weighted by Crippen LogP contribution is 2.50. The van der Waals surface area contributed by atoms with Crippen LogP contribution >= 0.6 is 23.5 Å². The second-order valence-electron chi connectivity index (χ2n) is 6.85. The molecule has 0 saturated carbocycles. The Morgan fingerprint density at radius 2 is 1.48 bits per heavy atom. The summed E-state index contributed by atoms with van der Waals surface area (Å²) in [5.74, 6) is -0.987. The van der Waals surface area contributed by atoms with E-state index in [9.17, 15) is 13.6 Å². The maximum absolute atomic E-state index is 13.5. The lowest BCUT2D eigenvalue weighted by atomic mass is 10.2. The first kappa shape index (κ1) is 19.8. The van der Waals surface area contributed by atoms with Crippen LogP contribution in [0.1, 0.15) is 0 Å². The third kappa shape index (κ3) is 3.62. The molecule has 0 N–H and O–H groups in total. The molecule has 0 atom stereocenters. The van der Waals surface area contributed by atoms with E-state index in [0.717, 1.165) is 15.6 Å². The van der Waals surface area contributed by atoms with Gasteiger partial charge in [0, 0.05) is 11.9 Å². The molecule has 154 valence electrons. The zero-order valence-electron chi connectivity index (χ0n) is 16.3. The van der Waals surface area contributed by atoms with E-state index in [-0.39, 0.29) is 17.5 Å². The molecule has 2 aliphatic rings. The van der Waals surface area contributed by atoms with Crippen molar-refractivity contribution in [3.63, 3.8) is 0 Å². The highest BCUT2D eigenvalue weighted by Gasteiger charge is 2.40. The van der Waals surface area contributed by atoms with Crippen LogP contribution in [0.15, 0.2) is 92.6 Å². The molecule has 1 saturated heterocycles. The van der Waals surface area contributed by atoms with Crippen LogP contribution in [0.4, 0.5) is 25.8 Å². The van der Waals surface area contributed by atoms with Crippen LogP contribution in [0, 0.1) is 11.6 Å². The standard InChI is InChI=1S/C23H15F2N3OS2/c1-27-18-4-2-3-5-19(18)30-22(27)20-21(29)28(17-12-8-15(25)9-13-17)23(31-20)26-16-10-6-14(24)7-11-16/h2-13H,1H3. The normalized spacial score (nSPS) is 19.5. The van der Waals surface area contributed by atoms with Crippen LogP contribution in [-0.2, 0) is 4.79 Å². The van der Waals surface area contributed by atoms with E-state index in [2.05, 4.69) is 4.99 Å². The van der Waals surface area contributed by atoms with Crippen LogP contribution in [0.2, 0.25) is 0 Å². The van der Waals surface area contributed by atoms with Gasteiger partial charge in [-0.3, -0.25) is 9.69 Å². The van der Waals surface area contributed by atoms with Gasteiger partial charge in [-0.25, -0.2) is 13.8 Å². The lowest BCUT2D eigenvalue weighted by molar-refractivity contribution is -0.113. The number of halogens is 2. The molecule has 0 aromatic heterocycles. The van der Waals surface area contributed by atoms with Crippen molar-refractivity contribution in [2.24, 2.45) is 4.99 Å². The third-order valence-corrected chi connectivity index (χ3v) is 7.24. The molecule has 1 amide bonds. The molecule has 4 nitrogen and oxygen atoms in total. The van der Waals surface area contributed by atoms with Crippen LogP contribution < -0.4 is 9.80 Å². The smallest absolute Gasteiger partial charge is 0.274 e. The quantitative estimate of drug-likeness (QED) is 0.438. The lowest BCUT2D eigenvalue weighted by Gasteiger charge is -2.16. The number of hydrogen-bond acceptors (Lipinski definition) is 5. The highest BCUT2D eigenvalue weighted by molar-refractivity contribution is 8.20. The average Bonchev–Trinajstić information content (AvgIpc) is 3.27. The van der Waals surface area contributed by atoms with Crippen LogP contribution in [-0.4, -0.2) is 18.1 Å². The van der Waals surface area contributed by atoms with Gasteiger partial charge in [-0.1, -0.05) is 23.9 Å². The number of thioether (sulfide) groups is 2. The van der Waals surface area contributed by atoms with E-state index in [1.54, 1.807) is 24.3 Å². The van der Waals surface area contributed by atoms with Crippen molar-refractivity contribution in [1.29, 1.82) is 0 Å². The number of anilines is 2. The Morgan fingerprint density at radius 1 is 0.839 bits per heavy atom. The maximum atomic E-state index is 13.5. The minimum absolute atomic E-state index is 0.236. The van der Waals surface area contributed by atoms with Crippen molar-refractivity contribution in [2.45, 2.75) is 4.90 Å². The summed E-state index contributed by atoms with van der Waals surface area (Å²) < 4.78 is 26.8. The molecule has 31 heavy (non-hydrogen) atoms. The van der Waals surface area contributed by atoms with Gasteiger partial charge in [-0.05, 0) is 72.4 Å². The van der Waals surface area contributed by atoms with Crippen LogP contribution in [0.25, 0.3) is 0 Å². The molecule has 0 bridgehead atoms. The first-order valence-electron chi connectivity index (χ1n) is 9.38. The molecule has 0 spiro atoms. The summed E-state index contributed by atoms with van der Waals surface area (Å²) in [6.07, 6.45) is 0. The monoisotopic (exact) mass is 451 g/mol. The SMILES string of the molecule is CN1C(=C2SC(=Nc3ccc(F)cc3)N(c3ccc(F)cc3)C2=O)Sc2ccccc21. The largest absolute Gasteiger partial charge is 0.337 e. The number of fused-ring (bicyclic) bond motifs is 1. The van der Waals surface area contributed by atoms with Gasteiger partial charge in [0.05, 0.1) is 22.1 Å². The number of para-hydroxylation sites is 1. The zero-order valence-corrected chi connectivity index (χ0v) is 17.9. The summed E-state index contributed by atoms with van der Waals surface area (Å²) in [6.45, 7) is 0. The topological polar surface area (TPSA) is 35.9 Å². The van der Waals surface area contributed by atoms with Crippen LogP contribution in [0.5, 0.6) is 0 Å². The number of amidine groups is 1. The van der Waals surface area contributed by atoms with Crippen molar-refractivity contribution < 1.29 is 13.6 Å². The van der Waals surface area contributed by atoms with Gasteiger partial charge in [0.15, 0.2) is 5.17 Å². The fraction of sp³-hybridized carbons (Fsp3) is 0.0435. The lowest BCUT2D eigenvalue weighted by Crippen LogP contribution is -2.29. The van der Waals surface area contributed by atoms with Gasteiger partial charge in [-0.15, -0.1) is 0 Å². The van der Waals surface area contributed by atoms with Crippen molar-refractivity contribution in [3.8, 4) is 0 Å². The van der Waals surface area contributed by atoms with Gasteiger partial charge in [-0.2, -0.15) is 0 Å². The molecule has 0 unspecified atom stereocenters. The summed E-state index contributed by atoms with van der Waals surface area (Å²) >= 11 is 2.78. The summed E-state index contributed by atoms with van der Waals surface area (Å²) in [5, 5.41) is 1.24. The molecule has 3 aromatic rings. The first-order valence-corrected chi connectivity index (χ1v) is 11.0. The van der Waals surface area contributed by atoms with Crippen molar-refractivity contribution >= 4 is 51.7 Å². The van der Waals surface area contributed by atoms with E-state index in [0.29, 0.717) is 21.4 Å². The molecule has 5 rings (SSSR count). The van der Waals surface area contributed by atoms with E-state index in [4.69, 9.17) is 0 Å². The van der Waals surface area contributed by atoms with Gasteiger partial charge < -0.3 is 4.90 Å². The predicted octanol–water partition coefficient (Wildman–Crippen LogP) is 6.14. The fourth-order valence-corrected chi connectivity index (χ4v) is 5.67. The number of rotatable bonds is 2. The molecule has 2 aliphatic heterocycles. The number of nitrogens with zero attached hydrogens (tertiary/aromatic N) is 3. The molecule has 0 radical (unpaired) electrons. The molecular weight excluding hydrogens is 436 g/mol. The van der Waals surface area contributed by atoms with Crippen LogP contribution in [0.3, 0.4) is 0 Å². The number of aliphatic imine (C=N–C) groups is 1. The molecule has 2 heterocycles. The molecule has 0 aliphatic carbocycles. The number of amides is 1. The van der Waals surface area contributed by atoms with E-state index in [1.165, 1.54) is 52.7 Å². The summed E-state index contributed by atoms with van der Waals surface area (Å²) in [6, 6.07) is 19.4. The minimum Gasteiger partial charge on any atom is -0.337 e. The third-order valence-electron chi connectivity index (χ3n) is 4.85. The summed E-state index contributed by atoms with van der Waals surface area (Å²) in [5.41, 5.74) is 2.06. The average molecular weight is 452 g/mol. The van der Waals surface area contributed by atoms with Gasteiger partial charge in [0.2, 0.25) is 0 Å². The van der Waals surface area contributed by atoms with Gasteiger partial charge in [0.25, 0.3) is 5.91 Å². The van der Waals surface area contributed by atoms with Crippen molar-refractivity contribution in [2.75, 3.05) is 16.8 Å². The summed E-state index contributed by atoms with van der Waals surface area (Å²) in [7, 11) is 1.92. The number of carbonyl (C=O) groups excluding carboxylic acids is 1. The second-order valence-corrected chi connectivity index (χ2v) is 8.86. The Bertz CT molecular complexity index is 1240. The minimum atomic E-state index is -0.389. The second kappa shape index (κ2) is 7.86. The van der Waals surface area contributed by atoms with Crippen molar-refractivity contribution in [1.82, 2.24) is 0 Å². The Hall–Kier alpha value is -3.10. The van der Waals surface area contributed by atoms with Gasteiger partial charge >= 0.3 is 0 Å². The number of hydrogen-bond donors (Lipinski definition) is 0.